The van der Waals surface area contributed by atoms with Crippen LogP contribution in [0.4, 0.5) is 11.5 Å². The lowest BCUT2D eigenvalue weighted by Crippen LogP contribution is -2.23. The summed E-state index contributed by atoms with van der Waals surface area (Å²) in [5.74, 6) is 2.36. The summed E-state index contributed by atoms with van der Waals surface area (Å²) in [4.78, 5) is 15.4. The van der Waals surface area contributed by atoms with Crippen LogP contribution >= 0.6 is 0 Å². The van der Waals surface area contributed by atoms with Gasteiger partial charge in [0.15, 0.2) is 5.65 Å². The van der Waals surface area contributed by atoms with E-state index in [1.807, 2.05) is 24.3 Å². The largest absolute Gasteiger partial charge is 0.495 e. The van der Waals surface area contributed by atoms with E-state index in [-0.39, 0.29) is 0 Å². The number of aromatic nitrogens is 3. The molecule has 1 saturated heterocycles. The van der Waals surface area contributed by atoms with Gasteiger partial charge in [-0.1, -0.05) is 12.1 Å². The lowest BCUT2D eigenvalue weighted by Gasteiger charge is -2.21. The predicted octanol–water partition coefficient (Wildman–Crippen LogP) is 2.97. The summed E-state index contributed by atoms with van der Waals surface area (Å²) in [5.41, 5.74) is 2.66. The Morgan fingerprint density at radius 2 is 2.04 bits per heavy atom. The van der Waals surface area contributed by atoms with Crippen molar-refractivity contribution in [2.24, 2.45) is 5.92 Å². The molecule has 3 aromatic rings. The number of ether oxygens (including phenoxy) is 1. The molecule has 128 valence electrons. The number of benzene rings is 1. The molecule has 1 aromatic carbocycles. The van der Waals surface area contributed by atoms with E-state index in [0.29, 0.717) is 11.6 Å². The Balaban J connectivity index is 1.39. The zero-order valence-corrected chi connectivity index (χ0v) is 14.2. The van der Waals surface area contributed by atoms with Gasteiger partial charge in [-0.3, -0.25) is 4.98 Å². The Bertz CT molecular complexity index is 869. The summed E-state index contributed by atoms with van der Waals surface area (Å²) in [6, 6.07) is 12.1. The van der Waals surface area contributed by atoms with Gasteiger partial charge in [-0.05, 0) is 36.6 Å². The molecule has 0 aliphatic carbocycles. The zero-order valence-electron chi connectivity index (χ0n) is 14.2. The molecule has 0 saturated carbocycles. The van der Waals surface area contributed by atoms with Gasteiger partial charge in [-0.25, -0.2) is 9.97 Å². The maximum absolute atomic E-state index is 5.48. The van der Waals surface area contributed by atoms with E-state index in [9.17, 15) is 0 Å². The van der Waals surface area contributed by atoms with E-state index in [1.165, 1.54) is 5.69 Å². The Morgan fingerprint density at radius 3 is 2.96 bits per heavy atom. The van der Waals surface area contributed by atoms with Gasteiger partial charge >= 0.3 is 0 Å². The third-order valence-electron chi connectivity index (χ3n) is 4.62. The quantitative estimate of drug-likeness (QED) is 0.773. The van der Waals surface area contributed by atoms with E-state index in [4.69, 9.17) is 4.74 Å². The number of rotatable bonds is 5. The highest BCUT2D eigenvalue weighted by atomic mass is 16.5. The summed E-state index contributed by atoms with van der Waals surface area (Å²) in [6.45, 7) is 2.95. The van der Waals surface area contributed by atoms with Gasteiger partial charge in [-0.15, -0.1) is 0 Å². The van der Waals surface area contributed by atoms with E-state index >= 15 is 0 Å². The minimum Gasteiger partial charge on any atom is -0.495 e. The van der Waals surface area contributed by atoms with Crippen LogP contribution in [0.1, 0.15) is 6.42 Å². The highest BCUT2D eigenvalue weighted by Crippen LogP contribution is 2.32. The molecule has 0 spiro atoms. The second-order valence-electron chi connectivity index (χ2n) is 6.25. The fourth-order valence-electron chi connectivity index (χ4n) is 3.31. The molecule has 25 heavy (non-hydrogen) atoms. The molecule has 1 aliphatic rings. The topological polar surface area (TPSA) is 63.2 Å². The van der Waals surface area contributed by atoms with Gasteiger partial charge < -0.3 is 15.0 Å². The van der Waals surface area contributed by atoms with Crippen molar-refractivity contribution in [1.82, 2.24) is 15.0 Å². The van der Waals surface area contributed by atoms with Gasteiger partial charge in [0.2, 0.25) is 0 Å². The highest BCUT2D eigenvalue weighted by Gasteiger charge is 2.24. The van der Waals surface area contributed by atoms with Crippen molar-refractivity contribution in [3.05, 3.63) is 48.8 Å². The number of para-hydroxylation sites is 2. The zero-order chi connectivity index (χ0) is 17.1. The molecule has 3 heterocycles. The molecule has 4 rings (SSSR count). The molecule has 2 aromatic heterocycles. The van der Waals surface area contributed by atoms with Crippen molar-refractivity contribution in [3.8, 4) is 5.75 Å². The molecule has 6 heteroatoms. The van der Waals surface area contributed by atoms with Crippen molar-refractivity contribution >= 4 is 22.7 Å². The van der Waals surface area contributed by atoms with Crippen molar-refractivity contribution in [1.29, 1.82) is 0 Å². The molecule has 1 atom stereocenters. The fourth-order valence-corrected chi connectivity index (χ4v) is 3.31. The van der Waals surface area contributed by atoms with Gasteiger partial charge in [0.05, 0.1) is 12.8 Å². The number of hydrogen-bond acceptors (Lipinski definition) is 6. The number of fused-ring (bicyclic) bond motifs is 1. The van der Waals surface area contributed by atoms with Crippen LogP contribution in [0.15, 0.2) is 48.8 Å². The third kappa shape index (κ3) is 3.33. The van der Waals surface area contributed by atoms with E-state index in [0.717, 1.165) is 43.1 Å². The molecule has 1 fully saturated rings. The second-order valence-corrected chi connectivity index (χ2v) is 6.25. The van der Waals surface area contributed by atoms with E-state index < -0.39 is 0 Å². The van der Waals surface area contributed by atoms with Gasteiger partial charge in [0.1, 0.15) is 17.1 Å². The Kier molecular flexibility index (Phi) is 4.33. The first-order valence-corrected chi connectivity index (χ1v) is 8.53. The smallest absolute Gasteiger partial charge is 0.180 e. The van der Waals surface area contributed by atoms with Crippen LogP contribution in [-0.2, 0) is 0 Å². The maximum Gasteiger partial charge on any atom is 0.180 e. The first kappa shape index (κ1) is 15.6. The van der Waals surface area contributed by atoms with Crippen LogP contribution in [0.3, 0.4) is 0 Å². The Morgan fingerprint density at radius 1 is 1.16 bits per heavy atom. The molecule has 1 unspecified atom stereocenters. The maximum atomic E-state index is 5.48. The van der Waals surface area contributed by atoms with Crippen LogP contribution in [-0.4, -0.2) is 41.7 Å². The summed E-state index contributed by atoms with van der Waals surface area (Å²) in [6.07, 6.45) is 4.50. The van der Waals surface area contributed by atoms with E-state index in [1.54, 1.807) is 19.5 Å². The number of methoxy groups -OCH3 is 1. The molecule has 1 aliphatic heterocycles. The van der Waals surface area contributed by atoms with E-state index in [2.05, 4.69) is 37.3 Å². The lowest BCUT2D eigenvalue weighted by molar-refractivity contribution is 0.414. The SMILES string of the molecule is COc1ccccc1N1CCC(CNc2ccc3nccnc3n2)C1. The van der Waals surface area contributed by atoms with Gasteiger partial charge in [-0.2, -0.15) is 0 Å². The van der Waals surface area contributed by atoms with Crippen LogP contribution < -0.4 is 15.0 Å². The molecule has 0 radical (unpaired) electrons. The standard InChI is InChI=1S/C19H21N5O/c1-25-17-5-3-2-4-16(17)24-11-8-14(13-24)12-22-18-7-6-15-19(23-18)21-10-9-20-15/h2-7,9-10,14H,8,11-13H2,1H3,(H,21,22,23). The third-order valence-corrected chi connectivity index (χ3v) is 4.62. The summed E-state index contributed by atoms with van der Waals surface area (Å²) in [5, 5.41) is 3.44. The van der Waals surface area contributed by atoms with Crippen molar-refractivity contribution in [2.45, 2.75) is 6.42 Å². The molecule has 1 N–H and O–H groups in total. The average Bonchev–Trinajstić information content (AvgIpc) is 3.15. The predicted molar refractivity (Wildman–Crippen MR) is 99.1 cm³/mol. The fraction of sp³-hybridized carbons (Fsp3) is 0.316. The lowest BCUT2D eigenvalue weighted by atomic mass is 10.1. The first-order valence-electron chi connectivity index (χ1n) is 8.53. The van der Waals surface area contributed by atoms with Gasteiger partial charge in [0.25, 0.3) is 0 Å². The summed E-state index contributed by atoms with van der Waals surface area (Å²) < 4.78 is 5.48. The van der Waals surface area contributed by atoms with Crippen molar-refractivity contribution in [3.63, 3.8) is 0 Å². The second kappa shape index (κ2) is 6.93. The molecular formula is C19H21N5O. The minimum absolute atomic E-state index is 0.573. The number of anilines is 2. The Labute approximate surface area is 146 Å². The first-order chi connectivity index (χ1) is 12.3. The molecule has 6 nitrogen and oxygen atoms in total. The van der Waals surface area contributed by atoms with Crippen LogP contribution in [0.25, 0.3) is 11.2 Å². The van der Waals surface area contributed by atoms with Crippen LogP contribution in [0.2, 0.25) is 0 Å². The van der Waals surface area contributed by atoms with Crippen molar-refractivity contribution in [2.75, 3.05) is 37.0 Å². The summed E-state index contributed by atoms with van der Waals surface area (Å²) in [7, 11) is 1.72. The number of hydrogen-bond donors (Lipinski definition) is 1. The average molecular weight is 335 g/mol. The number of pyridine rings is 1. The highest BCUT2D eigenvalue weighted by molar-refractivity contribution is 5.71. The van der Waals surface area contributed by atoms with Crippen LogP contribution in [0, 0.1) is 5.92 Å². The Hall–Kier alpha value is -2.89. The van der Waals surface area contributed by atoms with Crippen molar-refractivity contribution < 1.29 is 4.74 Å². The molecule has 0 amide bonds. The number of nitrogens with zero attached hydrogens (tertiary/aromatic N) is 4. The number of nitrogens with one attached hydrogen (secondary N) is 1. The van der Waals surface area contributed by atoms with Gasteiger partial charge in [0, 0.05) is 32.0 Å². The summed E-state index contributed by atoms with van der Waals surface area (Å²) >= 11 is 0. The molecular weight excluding hydrogens is 314 g/mol. The van der Waals surface area contributed by atoms with Crippen LogP contribution in [0.5, 0.6) is 5.75 Å². The molecule has 0 bridgehead atoms. The normalized spacial score (nSPS) is 17.0. The minimum atomic E-state index is 0.573. The monoisotopic (exact) mass is 335 g/mol.